The largest absolute Gasteiger partial charge is 0.497 e. The molecule has 0 aliphatic carbocycles. The van der Waals surface area contributed by atoms with E-state index in [1.54, 1.807) is 29.4 Å². The number of hydrogen-bond acceptors (Lipinski definition) is 8. The highest BCUT2D eigenvalue weighted by Crippen LogP contribution is 2.32. The molecule has 1 unspecified atom stereocenters. The molecule has 158 valence electrons. The minimum absolute atomic E-state index is 0.0773. The van der Waals surface area contributed by atoms with E-state index in [9.17, 15) is 8.42 Å². The van der Waals surface area contributed by atoms with Crippen LogP contribution < -0.4 is 19.1 Å². The number of rotatable bonds is 7. The summed E-state index contributed by atoms with van der Waals surface area (Å²) in [5, 5.41) is 0. The van der Waals surface area contributed by atoms with E-state index in [0.29, 0.717) is 30.4 Å². The average Bonchev–Trinajstić information content (AvgIpc) is 2.73. The van der Waals surface area contributed by atoms with Crippen molar-refractivity contribution in [2.75, 3.05) is 46.3 Å². The lowest BCUT2D eigenvalue weighted by Crippen LogP contribution is -2.44. The number of piperidine rings is 1. The van der Waals surface area contributed by atoms with Gasteiger partial charge in [0.1, 0.15) is 22.5 Å². The number of anilines is 1. The molecule has 0 N–H and O–H groups in total. The summed E-state index contributed by atoms with van der Waals surface area (Å²) in [6.45, 7) is 0.621. The maximum absolute atomic E-state index is 13.3. The van der Waals surface area contributed by atoms with E-state index in [2.05, 4.69) is 9.97 Å². The minimum Gasteiger partial charge on any atom is -0.497 e. The number of methoxy groups -OCH3 is 2. The van der Waals surface area contributed by atoms with Gasteiger partial charge >= 0.3 is 0 Å². The van der Waals surface area contributed by atoms with Gasteiger partial charge in [-0.2, -0.15) is 4.31 Å². The van der Waals surface area contributed by atoms with Crippen LogP contribution in [0.3, 0.4) is 0 Å². The second-order valence-electron chi connectivity index (χ2n) is 6.84. The fraction of sp³-hybridized carbons (Fsp3) is 0.474. The molecule has 0 saturated carbocycles. The van der Waals surface area contributed by atoms with Crippen LogP contribution in [-0.2, 0) is 10.0 Å². The highest BCUT2D eigenvalue weighted by Gasteiger charge is 2.34. The molecule has 9 nitrogen and oxygen atoms in total. The Labute approximate surface area is 171 Å². The van der Waals surface area contributed by atoms with Gasteiger partial charge in [-0.15, -0.1) is 0 Å². The fourth-order valence-electron chi connectivity index (χ4n) is 3.21. The Balaban J connectivity index is 1.84. The van der Waals surface area contributed by atoms with Crippen LogP contribution in [0.25, 0.3) is 0 Å². The number of hydrogen-bond donors (Lipinski definition) is 0. The molecule has 1 aliphatic rings. The summed E-state index contributed by atoms with van der Waals surface area (Å²) in [6.07, 6.45) is 4.22. The SMILES string of the molecule is COc1ccc(OC)c(S(=O)(=O)N2CCCC(Oc3nccnc3N(C)C)C2)c1. The van der Waals surface area contributed by atoms with Gasteiger partial charge in [-0.05, 0) is 25.0 Å². The van der Waals surface area contributed by atoms with Crippen molar-refractivity contribution in [3.63, 3.8) is 0 Å². The molecule has 29 heavy (non-hydrogen) atoms. The Kier molecular flexibility index (Phi) is 6.43. The summed E-state index contributed by atoms with van der Waals surface area (Å²) in [5.74, 6) is 1.71. The quantitative estimate of drug-likeness (QED) is 0.667. The van der Waals surface area contributed by atoms with Gasteiger partial charge < -0.3 is 19.1 Å². The first-order chi connectivity index (χ1) is 13.9. The van der Waals surface area contributed by atoms with E-state index in [1.807, 2.05) is 14.1 Å². The molecule has 1 aliphatic heterocycles. The van der Waals surface area contributed by atoms with Crippen molar-refractivity contribution in [2.45, 2.75) is 23.8 Å². The van der Waals surface area contributed by atoms with Gasteiger partial charge in [0.15, 0.2) is 5.82 Å². The first-order valence-corrected chi connectivity index (χ1v) is 10.7. The molecule has 0 bridgehead atoms. The van der Waals surface area contributed by atoms with Crippen molar-refractivity contribution in [2.24, 2.45) is 0 Å². The molecule has 1 aromatic carbocycles. The fourth-order valence-corrected chi connectivity index (χ4v) is 4.89. The number of ether oxygens (including phenoxy) is 3. The first-order valence-electron chi connectivity index (χ1n) is 9.24. The molecule has 2 aromatic rings. The summed E-state index contributed by atoms with van der Waals surface area (Å²) in [7, 11) is 2.85. The predicted molar refractivity (Wildman–Crippen MR) is 108 cm³/mol. The Hall–Kier alpha value is -2.59. The van der Waals surface area contributed by atoms with Gasteiger partial charge in [0.05, 0.1) is 20.8 Å². The van der Waals surface area contributed by atoms with E-state index >= 15 is 0 Å². The number of nitrogens with zero attached hydrogens (tertiary/aromatic N) is 4. The van der Waals surface area contributed by atoms with Gasteiger partial charge in [-0.25, -0.2) is 18.4 Å². The van der Waals surface area contributed by atoms with Gasteiger partial charge in [0, 0.05) is 39.1 Å². The number of sulfonamides is 1. The molecule has 1 atom stereocenters. The smallest absolute Gasteiger partial charge is 0.257 e. The van der Waals surface area contributed by atoms with Crippen molar-refractivity contribution in [3.05, 3.63) is 30.6 Å². The minimum atomic E-state index is -3.79. The Morgan fingerprint density at radius 3 is 2.59 bits per heavy atom. The Morgan fingerprint density at radius 1 is 1.14 bits per heavy atom. The standard InChI is InChI=1S/C19H26N4O5S/c1-22(2)18-19(21-10-9-20-18)28-15-6-5-11-23(13-15)29(24,25)17-12-14(26-3)7-8-16(17)27-4/h7-10,12,15H,5-6,11,13H2,1-4H3. The molecule has 1 aromatic heterocycles. The first kappa shape index (κ1) is 21.1. The van der Waals surface area contributed by atoms with Crippen LogP contribution in [-0.4, -0.2) is 70.2 Å². The van der Waals surface area contributed by atoms with Crippen molar-refractivity contribution in [3.8, 4) is 17.4 Å². The van der Waals surface area contributed by atoms with Crippen LogP contribution in [0, 0.1) is 0 Å². The van der Waals surface area contributed by atoms with Crippen LogP contribution in [0.1, 0.15) is 12.8 Å². The molecule has 0 radical (unpaired) electrons. The van der Waals surface area contributed by atoms with Crippen molar-refractivity contribution >= 4 is 15.8 Å². The van der Waals surface area contributed by atoms with E-state index in [4.69, 9.17) is 14.2 Å². The molecule has 3 rings (SSSR count). The number of aromatic nitrogens is 2. The predicted octanol–water partition coefficient (Wildman–Crippen LogP) is 1.79. The van der Waals surface area contributed by atoms with Crippen LogP contribution >= 0.6 is 0 Å². The zero-order valence-electron chi connectivity index (χ0n) is 17.0. The molecule has 0 spiro atoms. The van der Waals surface area contributed by atoms with Gasteiger partial charge in [-0.3, -0.25) is 0 Å². The van der Waals surface area contributed by atoms with Crippen molar-refractivity contribution < 1.29 is 22.6 Å². The third kappa shape index (κ3) is 4.54. The second-order valence-corrected chi connectivity index (χ2v) is 8.75. The van der Waals surface area contributed by atoms with Crippen LogP contribution in [0.2, 0.25) is 0 Å². The Morgan fingerprint density at radius 2 is 1.90 bits per heavy atom. The summed E-state index contributed by atoms with van der Waals surface area (Å²) in [4.78, 5) is 10.4. The zero-order chi connectivity index (χ0) is 21.0. The van der Waals surface area contributed by atoms with Crippen LogP contribution in [0.5, 0.6) is 17.4 Å². The highest BCUT2D eigenvalue weighted by atomic mass is 32.2. The summed E-state index contributed by atoms with van der Waals surface area (Å²) < 4.78 is 44.5. The normalized spacial score (nSPS) is 17.6. The lowest BCUT2D eigenvalue weighted by molar-refractivity contribution is 0.124. The monoisotopic (exact) mass is 422 g/mol. The maximum atomic E-state index is 13.3. The molecule has 2 heterocycles. The highest BCUT2D eigenvalue weighted by molar-refractivity contribution is 7.89. The summed E-state index contributed by atoms with van der Waals surface area (Å²) >= 11 is 0. The summed E-state index contributed by atoms with van der Waals surface area (Å²) in [5.41, 5.74) is 0. The van der Waals surface area contributed by atoms with Crippen LogP contribution in [0.4, 0.5) is 5.82 Å². The second kappa shape index (κ2) is 8.83. The van der Waals surface area contributed by atoms with E-state index < -0.39 is 10.0 Å². The molecular weight excluding hydrogens is 396 g/mol. The van der Waals surface area contributed by atoms with Gasteiger partial charge in [-0.1, -0.05) is 0 Å². The maximum Gasteiger partial charge on any atom is 0.257 e. The molecule has 1 saturated heterocycles. The lowest BCUT2D eigenvalue weighted by Gasteiger charge is -2.32. The molecule has 1 fully saturated rings. The van der Waals surface area contributed by atoms with Crippen LogP contribution in [0.15, 0.2) is 35.5 Å². The average molecular weight is 423 g/mol. The van der Waals surface area contributed by atoms with E-state index in [-0.39, 0.29) is 23.3 Å². The molecule has 10 heteroatoms. The summed E-state index contributed by atoms with van der Waals surface area (Å²) in [6, 6.07) is 4.73. The van der Waals surface area contributed by atoms with Crippen molar-refractivity contribution in [1.29, 1.82) is 0 Å². The van der Waals surface area contributed by atoms with Crippen molar-refractivity contribution in [1.82, 2.24) is 14.3 Å². The van der Waals surface area contributed by atoms with Gasteiger partial charge in [0.2, 0.25) is 10.0 Å². The molecule has 0 amide bonds. The van der Waals surface area contributed by atoms with E-state index in [1.165, 1.54) is 24.6 Å². The molecular formula is C19H26N4O5S. The number of benzene rings is 1. The topological polar surface area (TPSA) is 94.1 Å². The Bertz CT molecular complexity index is 951. The zero-order valence-corrected chi connectivity index (χ0v) is 17.8. The van der Waals surface area contributed by atoms with Gasteiger partial charge in [0.25, 0.3) is 5.88 Å². The third-order valence-electron chi connectivity index (χ3n) is 4.68. The third-order valence-corrected chi connectivity index (χ3v) is 6.56. The van der Waals surface area contributed by atoms with E-state index in [0.717, 1.165) is 6.42 Å². The lowest BCUT2D eigenvalue weighted by atomic mass is 10.1.